The molecule has 2 rings (SSSR count). The quantitative estimate of drug-likeness (QED) is 0.845. The molecule has 1 heterocycles. The zero-order chi connectivity index (χ0) is 17.5. The summed E-state index contributed by atoms with van der Waals surface area (Å²) in [6, 6.07) is 6.21. The number of amides is 2. The molecule has 0 aliphatic heterocycles. The fraction of sp³-hybridized carbons (Fsp3) is 0.412. The van der Waals surface area contributed by atoms with Crippen LogP contribution in [0.2, 0.25) is 0 Å². The fourth-order valence-corrected chi connectivity index (χ4v) is 2.17. The maximum absolute atomic E-state index is 13.9. The summed E-state index contributed by atoms with van der Waals surface area (Å²) in [6.45, 7) is 3.45. The highest BCUT2D eigenvalue weighted by Crippen LogP contribution is 2.11. The van der Waals surface area contributed by atoms with Crippen LogP contribution < -0.4 is 5.32 Å². The predicted octanol–water partition coefficient (Wildman–Crippen LogP) is 2.40. The zero-order valence-electron chi connectivity index (χ0n) is 14.3. The summed E-state index contributed by atoms with van der Waals surface area (Å²) in [7, 11) is 3.86. The normalized spacial score (nSPS) is 10.9. The van der Waals surface area contributed by atoms with Crippen LogP contribution >= 0.6 is 0 Å². The van der Waals surface area contributed by atoms with Gasteiger partial charge in [0.25, 0.3) is 0 Å². The molecule has 0 unspecified atom stereocenters. The van der Waals surface area contributed by atoms with Crippen LogP contribution in [0.3, 0.4) is 0 Å². The van der Waals surface area contributed by atoms with Gasteiger partial charge in [0.15, 0.2) is 6.39 Å². The van der Waals surface area contributed by atoms with Crippen LogP contribution in [0, 0.1) is 12.7 Å². The largest absolute Gasteiger partial charge is 0.446 e. The van der Waals surface area contributed by atoms with Gasteiger partial charge in [0, 0.05) is 18.7 Å². The SMILES string of the molecule is Cc1ncoc1CNC(=O)N(CCN(C)C)Cc1ccccc1F. The minimum absolute atomic E-state index is 0.210. The molecule has 2 amide bonds. The molecule has 130 valence electrons. The van der Waals surface area contributed by atoms with Gasteiger partial charge in [0.2, 0.25) is 0 Å². The second-order valence-corrected chi connectivity index (χ2v) is 5.84. The molecule has 0 saturated heterocycles. The van der Waals surface area contributed by atoms with E-state index in [9.17, 15) is 9.18 Å². The van der Waals surface area contributed by atoms with Gasteiger partial charge in [-0.1, -0.05) is 18.2 Å². The van der Waals surface area contributed by atoms with Crippen molar-refractivity contribution in [3.05, 3.63) is 53.5 Å². The molecular formula is C17H23FN4O2. The molecule has 1 N–H and O–H groups in total. The van der Waals surface area contributed by atoms with Gasteiger partial charge < -0.3 is 19.5 Å². The van der Waals surface area contributed by atoms with E-state index in [-0.39, 0.29) is 24.9 Å². The lowest BCUT2D eigenvalue weighted by Crippen LogP contribution is -2.42. The Balaban J connectivity index is 2.02. The number of nitrogens with one attached hydrogen (secondary N) is 1. The summed E-state index contributed by atoms with van der Waals surface area (Å²) in [4.78, 5) is 20.0. The van der Waals surface area contributed by atoms with Gasteiger partial charge in [0.1, 0.15) is 11.6 Å². The van der Waals surface area contributed by atoms with Crippen molar-refractivity contribution in [1.29, 1.82) is 0 Å². The number of aryl methyl sites for hydroxylation is 1. The molecule has 24 heavy (non-hydrogen) atoms. The zero-order valence-corrected chi connectivity index (χ0v) is 14.3. The van der Waals surface area contributed by atoms with E-state index >= 15 is 0 Å². The highest BCUT2D eigenvalue weighted by atomic mass is 19.1. The smallest absolute Gasteiger partial charge is 0.318 e. The Kier molecular flexibility index (Phi) is 6.31. The molecule has 2 aromatic rings. The minimum atomic E-state index is -0.314. The third-order valence-corrected chi connectivity index (χ3v) is 3.67. The second kappa shape index (κ2) is 8.44. The molecular weight excluding hydrogens is 311 g/mol. The summed E-state index contributed by atoms with van der Waals surface area (Å²) in [5.41, 5.74) is 1.23. The van der Waals surface area contributed by atoms with Crippen molar-refractivity contribution in [2.45, 2.75) is 20.0 Å². The topological polar surface area (TPSA) is 61.6 Å². The van der Waals surface area contributed by atoms with Crippen LogP contribution in [-0.4, -0.2) is 48.0 Å². The average molecular weight is 334 g/mol. The number of oxazole rings is 1. The molecule has 0 saturated carbocycles. The number of urea groups is 1. The van der Waals surface area contributed by atoms with Crippen LogP contribution in [0.5, 0.6) is 0 Å². The van der Waals surface area contributed by atoms with Crippen molar-refractivity contribution in [2.75, 3.05) is 27.2 Å². The Hall–Kier alpha value is -2.41. The van der Waals surface area contributed by atoms with Gasteiger partial charge in [-0.2, -0.15) is 0 Å². The summed E-state index contributed by atoms with van der Waals surface area (Å²) in [5, 5.41) is 2.80. The second-order valence-electron chi connectivity index (χ2n) is 5.84. The van der Waals surface area contributed by atoms with Gasteiger partial charge in [-0.25, -0.2) is 14.2 Å². The van der Waals surface area contributed by atoms with Crippen molar-refractivity contribution in [3.63, 3.8) is 0 Å². The van der Waals surface area contributed by atoms with Crippen molar-refractivity contribution >= 4 is 6.03 Å². The van der Waals surface area contributed by atoms with Crippen molar-refractivity contribution in [3.8, 4) is 0 Å². The monoisotopic (exact) mass is 334 g/mol. The molecule has 0 bridgehead atoms. The number of likely N-dealkylation sites (N-methyl/N-ethyl adjacent to an activating group) is 1. The van der Waals surface area contributed by atoms with E-state index in [1.165, 1.54) is 12.5 Å². The predicted molar refractivity (Wildman–Crippen MR) is 88.8 cm³/mol. The Labute approximate surface area is 141 Å². The molecule has 0 spiro atoms. The summed E-state index contributed by atoms with van der Waals surface area (Å²) in [5.74, 6) is 0.299. The minimum Gasteiger partial charge on any atom is -0.446 e. The summed E-state index contributed by atoms with van der Waals surface area (Å²) >= 11 is 0. The van der Waals surface area contributed by atoms with Crippen molar-refractivity contribution < 1.29 is 13.6 Å². The lowest BCUT2D eigenvalue weighted by Gasteiger charge is -2.25. The van der Waals surface area contributed by atoms with Gasteiger partial charge in [-0.15, -0.1) is 0 Å². The lowest BCUT2D eigenvalue weighted by molar-refractivity contribution is 0.186. The number of hydrogen-bond acceptors (Lipinski definition) is 4. The number of rotatable bonds is 7. The van der Waals surface area contributed by atoms with Crippen molar-refractivity contribution in [2.24, 2.45) is 0 Å². The Bertz CT molecular complexity index is 672. The Morgan fingerprint density at radius 2 is 2.04 bits per heavy atom. The molecule has 0 aliphatic rings. The third kappa shape index (κ3) is 5.06. The lowest BCUT2D eigenvalue weighted by atomic mass is 10.2. The third-order valence-electron chi connectivity index (χ3n) is 3.67. The van der Waals surface area contributed by atoms with Gasteiger partial charge in [-0.3, -0.25) is 0 Å². The van der Waals surface area contributed by atoms with E-state index in [2.05, 4.69) is 10.3 Å². The van der Waals surface area contributed by atoms with Crippen LogP contribution in [-0.2, 0) is 13.1 Å². The van der Waals surface area contributed by atoms with Crippen LogP contribution in [0.1, 0.15) is 17.0 Å². The molecule has 0 fully saturated rings. The van der Waals surface area contributed by atoms with Crippen molar-refractivity contribution in [1.82, 2.24) is 20.1 Å². The van der Waals surface area contributed by atoms with E-state index in [4.69, 9.17) is 4.42 Å². The fourth-order valence-electron chi connectivity index (χ4n) is 2.17. The van der Waals surface area contributed by atoms with E-state index in [1.807, 2.05) is 25.9 Å². The Morgan fingerprint density at radius 3 is 2.67 bits per heavy atom. The first-order valence-corrected chi connectivity index (χ1v) is 7.77. The molecule has 7 heteroatoms. The molecule has 6 nitrogen and oxygen atoms in total. The first-order chi connectivity index (χ1) is 11.5. The molecule has 1 aromatic carbocycles. The van der Waals surface area contributed by atoms with Crippen LogP contribution in [0.15, 0.2) is 35.1 Å². The van der Waals surface area contributed by atoms with E-state index < -0.39 is 0 Å². The van der Waals surface area contributed by atoms with E-state index in [0.717, 1.165) is 5.69 Å². The van der Waals surface area contributed by atoms with E-state index in [0.29, 0.717) is 24.4 Å². The number of carbonyl (C=O) groups excluding carboxylic acids is 1. The average Bonchev–Trinajstić information content (AvgIpc) is 2.95. The molecule has 1 aromatic heterocycles. The number of hydrogen-bond donors (Lipinski definition) is 1. The first kappa shape index (κ1) is 17.9. The highest BCUT2D eigenvalue weighted by Gasteiger charge is 2.16. The van der Waals surface area contributed by atoms with Gasteiger partial charge in [-0.05, 0) is 27.1 Å². The maximum Gasteiger partial charge on any atom is 0.318 e. The summed E-state index contributed by atoms with van der Waals surface area (Å²) < 4.78 is 19.1. The number of carbonyl (C=O) groups is 1. The van der Waals surface area contributed by atoms with Crippen LogP contribution in [0.25, 0.3) is 0 Å². The number of halogens is 1. The highest BCUT2D eigenvalue weighted by molar-refractivity contribution is 5.74. The number of aromatic nitrogens is 1. The van der Waals surface area contributed by atoms with E-state index in [1.54, 1.807) is 23.1 Å². The van der Waals surface area contributed by atoms with Gasteiger partial charge in [0.05, 0.1) is 18.8 Å². The molecule has 0 aliphatic carbocycles. The van der Waals surface area contributed by atoms with Crippen LogP contribution in [0.4, 0.5) is 9.18 Å². The maximum atomic E-state index is 13.9. The number of benzene rings is 1. The summed E-state index contributed by atoms with van der Waals surface area (Å²) in [6.07, 6.45) is 1.35. The molecule has 0 radical (unpaired) electrons. The molecule has 0 atom stereocenters. The van der Waals surface area contributed by atoms with Gasteiger partial charge >= 0.3 is 6.03 Å². The first-order valence-electron chi connectivity index (χ1n) is 7.77. The standard InChI is InChI=1S/C17H23FN4O2/c1-13-16(24-12-20-13)10-19-17(23)22(9-8-21(2)3)11-14-6-4-5-7-15(14)18/h4-7,12H,8-11H2,1-3H3,(H,19,23). The number of nitrogens with zero attached hydrogens (tertiary/aromatic N) is 3. The Morgan fingerprint density at radius 1 is 1.29 bits per heavy atom.